The first-order valence-corrected chi connectivity index (χ1v) is 6.00. The Morgan fingerprint density at radius 1 is 1.29 bits per heavy atom. The molecule has 0 aromatic carbocycles. The van der Waals surface area contributed by atoms with Crippen molar-refractivity contribution in [1.29, 1.82) is 0 Å². The number of ether oxygens (including phenoxy) is 2. The summed E-state index contributed by atoms with van der Waals surface area (Å²) in [5, 5.41) is 3.25. The molecule has 1 rings (SSSR count). The average molecular weight is 242 g/mol. The summed E-state index contributed by atoms with van der Waals surface area (Å²) >= 11 is 0. The van der Waals surface area contributed by atoms with E-state index in [4.69, 9.17) is 13.9 Å². The highest BCUT2D eigenvalue weighted by Crippen LogP contribution is 2.09. The highest BCUT2D eigenvalue weighted by molar-refractivity contribution is 4.99. The van der Waals surface area contributed by atoms with Crippen LogP contribution in [0.3, 0.4) is 0 Å². The summed E-state index contributed by atoms with van der Waals surface area (Å²) in [4.78, 5) is 4.19. The summed E-state index contributed by atoms with van der Waals surface area (Å²) in [6, 6.07) is 0.426. The number of aromatic nitrogens is 1. The van der Waals surface area contributed by atoms with Crippen LogP contribution in [0.4, 0.5) is 0 Å². The van der Waals surface area contributed by atoms with Crippen LogP contribution in [0.1, 0.15) is 33.4 Å². The van der Waals surface area contributed by atoms with Crippen molar-refractivity contribution < 1.29 is 13.9 Å². The van der Waals surface area contributed by atoms with Gasteiger partial charge in [0.05, 0.1) is 18.4 Å². The third kappa shape index (κ3) is 6.28. The molecule has 0 saturated carbocycles. The molecule has 0 bridgehead atoms. The minimum absolute atomic E-state index is 0.217. The molecule has 0 aliphatic rings. The summed E-state index contributed by atoms with van der Waals surface area (Å²) in [7, 11) is 0. The number of nitrogens with zero attached hydrogens (tertiary/aromatic N) is 1. The van der Waals surface area contributed by atoms with E-state index in [0.29, 0.717) is 31.9 Å². The minimum Gasteiger partial charge on any atom is -0.448 e. The summed E-state index contributed by atoms with van der Waals surface area (Å²) in [6.07, 6.45) is 2.13. The quantitative estimate of drug-likeness (QED) is 0.706. The van der Waals surface area contributed by atoms with Gasteiger partial charge in [0.15, 0.2) is 0 Å². The van der Waals surface area contributed by atoms with Gasteiger partial charge >= 0.3 is 6.08 Å². The molecule has 0 aliphatic heterocycles. The molecule has 1 aromatic rings. The van der Waals surface area contributed by atoms with Crippen LogP contribution in [0, 0.1) is 0 Å². The van der Waals surface area contributed by atoms with Gasteiger partial charge in [0, 0.05) is 12.6 Å². The van der Waals surface area contributed by atoms with Crippen molar-refractivity contribution in [2.75, 3.05) is 13.2 Å². The predicted octanol–water partition coefficient (Wildman–Crippen LogP) is 1.98. The molecule has 0 aliphatic carbocycles. The van der Waals surface area contributed by atoms with Crippen LogP contribution >= 0.6 is 0 Å². The van der Waals surface area contributed by atoms with Gasteiger partial charge in [-0.3, -0.25) is 0 Å². The zero-order chi connectivity index (χ0) is 12.7. The van der Waals surface area contributed by atoms with Crippen molar-refractivity contribution in [3.63, 3.8) is 0 Å². The molecular weight excluding hydrogens is 220 g/mol. The van der Waals surface area contributed by atoms with Gasteiger partial charge in [0.25, 0.3) is 0 Å². The van der Waals surface area contributed by atoms with Crippen molar-refractivity contribution in [1.82, 2.24) is 10.3 Å². The van der Waals surface area contributed by atoms with Gasteiger partial charge in [-0.25, -0.2) is 0 Å². The van der Waals surface area contributed by atoms with E-state index in [0.717, 1.165) is 5.69 Å². The third-order valence-corrected chi connectivity index (χ3v) is 1.98. The Kier molecular flexibility index (Phi) is 6.00. The van der Waals surface area contributed by atoms with E-state index in [1.807, 2.05) is 13.8 Å². The fourth-order valence-corrected chi connectivity index (χ4v) is 1.16. The molecular formula is C12H22N2O3. The van der Waals surface area contributed by atoms with Crippen LogP contribution in [0.2, 0.25) is 0 Å². The number of nitrogens with one attached hydrogen (secondary N) is 1. The maximum absolute atomic E-state index is 5.34. The molecule has 0 amide bonds. The minimum atomic E-state index is 0.217. The lowest BCUT2D eigenvalue weighted by Crippen LogP contribution is -2.21. The number of hydrogen-bond acceptors (Lipinski definition) is 5. The van der Waals surface area contributed by atoms with Crippen LogP contribution < -0.4 is 10.1 Å². The third-order valence-electron chi connectivity index (χ3n) is 1.98. The van der Waals surface area contributed by atoms with E-state index in [-0.39, 0.29) is 6.10 Å². The molecule has 0 saturated heterocycles. The van der Waals surface area contributed by atoms with Crippen molar-refractivity contribution in [3.8, 4) is 6.08 Å². The van der Waals surface area contributed by atoms with Gasteiger partial charge in [-0.15, -0.1) is 0 Å². The number of hydrogen-bond donors (Lipinski definition) is 1. The lowest BCUT2D eigenvalue weighted by molar-refractivity contribution is 0.0480. The smallest absolute Gasteiger partial charge is 0.393 e. The van der Waals surface area contributed by atoms with Crippen LogP contribution in [0.25, 0.3) is 0 Å². The number of rotatable bonds is 8. The van der Waals surface area contributed by atoms with Gasteiger partial charge in [-0.2, -0.15) is 4.98 Å². The Balaban J connectivity index is 2.21. The standard InChI is InChI=1S/C12H22N2O3/c1-9(2)13-7-11-8-17-12(14-11)16-6-5-15-10(3)4/h8-10,13H,5-7H2,1-4H3. The van der Waals surface area contributed by atoms with Crippen LogP contribution in [-0.2, 0) is 11.3 Å². The molecule has 0 atom stereocenters. The lowest BCUT2D eigenvalue weighted by atomic mass is 10.4. The van der Waals surface area contributed by atoms with Crippen LogP contribution in [0.15, 0.2) is 10.7 Å². The first kappa shape index (κ1) is 14.0. The Morgan fingerprint density at radius 3 is 2.71 bits per heavy atom. The fraction of sp³-hybridized carbons (Fsp3) is 0.750. The van der Waals surface area contributed by atoms with E-state index in [9.17, 15) is 0 Å². The second kappa shape index (κ2) is 7.29. The summed E-state index contributed by atoms with van der Waals surface area (Å²) < 4.78 is 15.8. The normalized spacial score (nSPS) is 11.4. The molecule has 5 nitrogen and oxygen atoms in total. The van der Waals surface area contributed by atoms with Gasteiger partial charge in [0.1, 0.15) is 12.9 Å². The second-order valence-electron chi connectivity index (χ2n) is 4.41. The molecule has 98 valence electrons. The molecule has 0 fully saturated rings. The Labute approximate surface area is 103 Å². The molecule has 1 heterocycles. The van der Waals surface area contributed by atoms with E-state index in [1.54, 1.807) is 6.26 Å². The average Bonchev–Trinajstić information content (AvgIpc) is 2.69. The van der Waals surface area contributed by atoms with Gasteiger partial charge < -0.3 is 19.2 Å². The van der Waals surface area contributed by atoms with Crippen molar-refractivity contribution >= 4 is 0 Å². The molecule has 1 N–H and O–H groups in total. The maximum atomic E-state index is 5.34. The summed E-state index contributed by atoms with van der Waals surface area (Å²) in [5.74, 6) is 0. The maximum Gasteiger partial charge on any atom is 0.393 e. The van der Waals surface area contributed by atoms with Crippen LogP contribution in [0.5, 0.6) is 6.08 Å². The SMILES string of the molecule is CC(C)NCc1coc(OCCOC(C)C)n1. The van der Waals surface area contributed by atoms with Crippen molar-refractivity contribution in [3.05, 3.63) is 12.0 Å². The molecule has 0 unspecified atom stereocenters. The topological polar surface area (TPSA) is 56.5 Å². The van der Waals surface area contributed by atoms with E-state index in [2.05, 4.69) is 24.1 Å². The fourth-order valence-electron chi connectivity index (χ4n) is 1.16. The van der Waals surface area contributed by atoms with E-state index in [1.165, 1.54) is 0 Å². The Hall–Kier alpha value is -1.07. The zero-order valence-corrected chi connectivity index (χ0v) is 11.0. The molecule has 1 aromatic heterocycles. The van der Waals surface area contributed by atoms with E-state index >= 15 is 0 Å². The van der Waals surface area contributed by atoms with E-state index < -0.39 is 0 Å². The van der Waals surface area contributed by atoms with Crippen LogP contribution in [-0.4, -0.2) is 30.3 Å². The van der Waals surface area contributed by atoms with Crippen molar-refractivity contribution in [2.45, 2.75) is 46.4 Å². The van der Waals surface area contributed by atoms with Gasteiger partial charge in [-0.1, -0.05) is 13.8 Å². The highest BCUT2D eigenvalue weighted by atomic mass is 16.6. The first-order valence-electron chi connectivity index (χ1n) is 6.00. The molecule has 0 spiro atoms. The first-order chi connectivity index (χ1) is 8.08. The molecule has 17 heavy (non-hydrogen) atoms. The van der Waals surface area contributed by atoms with Gasteiger partial charge in [-0.05, 0) is 13.8 Å². The highest BCUT2D eigenvalue weighted by Gasteiger charge is 2.05. The van der Waals surface area contributed by atoms with Gasteiger partial charge in [0.2, 0.25) is 0 Å². The number of oxazole rings is 1. The second-order valence-corrected chi connectivity index (χ2v) is 4.41. The summed E-state index contributed by atoms with van der Waals surface area (Å²) in [5.41, 5.74) is 0.846. The zero-order valence-electron chi connectivity index (χ0n) is 11.0. The largest absolute Gasteiger partial charge is 0.448 e. The van der Waals surface area contributed by atoms with Crippen molar-refractivity contribution in [2.24, 2.45) is 0 Å². The monoisotopic (exact) mass is 242 g/mol. The molecule has 0 radical (unpaired) electrons. The predicted molar refractivity (Wildman–Crippen MR) is 65.1 cm³/mol. The lowest BCUT2D eigenvalue weighted by Gasteiger charge is -2.06. The summed E-state index contributed by atoms with van der Waals surface area (Å²) in [6.45, 7) is 9.82. The molecule has 5 heteroatoms. The Morgan fingerprint density at radius 2 is 2.06 bits per heavy atom. The Bertz CT molecular complexity index is 310.